The summed E-state index contributed by atoms with van der Waals surface area (Å²) in [6, 6.07) is 18.9. The van der Waals surface area contributed by atoms with Gasteiger partial charge in [0.2, 0.25) is 0 Å². The minimum absolute atomic E-state index is 0.320. The van der Waals surface area contributed by atoms with Crippen LogP contribution in [0.5, 0.6) is 5.75 Å². The minimum atomic E-state index is -0.411. The lowest BCUT2D eigenvalue weighted by molar-refractivity contribution is 0.146. The first-order valence-electron chi connectivity index (χ1n) is 11.4. The fraction of sp³-hybridized carbons (Fsp3) is 0.185. The van der Waals surface area contributed by atoms with E-state index in [-0.39, 0.29) is 11.9 Å². The number of thiocarbonyl (C=S) groups is 1. The number of hydrogen-bond donors (Lipinski definition) is 1. The van der Waals surface area contributed by atoms with Gasteiger partial charge in [-0.1, -0.05) is 33.6 Å². The molecule has 3 heterocycles. The molecule has 1 aliphatic rings. The molecule has 6 nitrogen and oxygen atoms in total. The van der Waals surface area contributed by atoms with Crippen molar-refractivity contribution in [3.8, 4) is 17.1 Å². The number of aromatic nitrogens is 1. The van der Waals surface area contributed by atoms with E-state index in [1.165, 1.54) is 6.07 Å². The van der Waals surface area contributed by atoms with Gasteiger partial charge < -0.3 is 24.1 Å². The molecule has 0 bridgehead atoms. The van der Waals surface area contributed by atoms with Crippen molar-refractivity contribution in [3.63, 3.8) is 0 Å². The highest BCUT2D eigenvalue weighted by Gasteiger charge is 2.42. The molecule has 2 aromatic heterocycles. The number of ether oxygens (including phenoxy) is 2. The Morgan fingerprint density at radius 2 is 2.00 bits per heavy atom. The molecule has 0 spiro atoms. The Kier molecular flexibility index (Phi) is 7.76. The number of halogens is 3. The average molecular weight is 603 g/mol. The van der Waals surface area contributed by atoms with Crippen LogP contribution in [0.1, 0.15) is 23.5 Å². The van der Waals surface area contributed by atoms with Crippen LogP contribution < -0.4 is 15.0 Å². The van der Waals surface area contributed by atoms with Crippen LogP contribution in [-0.4, -0.2) is 30.4 Å². The van der Waals surface area contributed by atoms with Crippen LogP contribution in [-0.2, 0) is 4.74 Å². The predicted molar refractivity (Wildman–Crippen MR) is 149 cm³/mol. The summed E-state index contributed by atoms with van der Waals surface area (Å²) in [4.78, 5) is 6.48. The number of rotatable bonds is 8. The maximum atomic E-state index is 14.7. The number of pyridine rings is 1. The van der Waals surface area contributed by atoms with Crippen LogP contribution >= 0.6 is 39.7 Å². The monoisotopic (exact) mass is 601 g/mol. The molecular weight excluding hydrogens is 581 g/mol. The van der Waals surface area contributed by atoms with Crippen LogP contribution in [0.25, 0.3) is 11.3 Å². The van der Waals surface area contributed by atoms with E-state index in [9.17, 15) is 4.39 Å². The summed E-state index contributed by atoms with van der Waals surface area (Å²) in [6.45, 7) is 0.831. The number of methoxy groups -OCH3 is 1. The Labute approximate surface area is 232 Å². The Balaban J connectivity index is 1.54. The minimum Gasteiger partial charge on any atom is -0.490 e. The quantitative estimate of drug-likeness (QED) is 0.171. The fourth-order valence-electron chi connectivity index (χ4n) is 4.26. The van der Waals surface area contributed by atoms with Crippen molar-refractivity contribution < 1.29 is 18.3 Å². The van der Waals surface area contributed by atoms with Gasteiger partial charge in [-0.25, -0.2) is 4.39 Å². The van der Waals surface area contributed by atoms with Gasteiger partial charge in [-0.15, -0.1) is 0 Å². The molecule has 1 saturated heterocycles. The van der Waals surface area contributed by atoms with Crippen molar-refractivity contribution in [1.29, 1.82) is 0 Å². The van der Waals surface area contributed by atoms with Crippen molar-refractivity contribution in [2.75, 3.05) is 25.2 Å². The number of benzene rings is 2. The normalized spacial score (nSPS) is 17.2. The van der Waals surface area contributed by atoms with Crippen molar-refractivity contribution in [1.82, 2.24) is 10.3 Å². The zero-order valence-corrected chi connectivity index (χ0v) is 22.8. The van der Waals surface area contributed by atoms with Gasteiger partial charge in [-0.2, -0.15) is 0 Å². The molecule has 190 valence electrons. The number of hydrogen-bond acceptors (Lipinski definition) is 5. The first kappa shape index (κ1) is 25.7. The van der Waals surface area contributed by atoms with Crippen molar-refractivity contribution in [3.05, 3.63) is 99.7 Å². The molecule has 10 heteroatoms. The number of anilines is 1. The number of furan rings is 1. The fourth-order valence-corrected chi connectivity index (χ4v) is 5.17. The van der Waals surface area contributed by atoms with E-state index in [0.717, 1.165) is 11.4 Å². The summed E-state index contributed by atoms with van der Waals surface area (Å²) >= 11 is 15.6. The highest BCUT2D eigenvalue weighted by atomic mass is 79.9. The topological polar surface area (TPSA) is 59.8 Å². The molecule has 5 rings (SSSR count). The second-order valence-corrected chi connectivity index (χ2v) is 9.99. The maximum Gasteiger partial charge on any atom is 0.174 e. The third kappa shape index (κ3) is 5.36. The number of nitrogens with one attached hydrogen (secondary N) is 1. The van der Waals surface area contributed by atoms with Crippen molar-refractivity contribution in [2.45, 2.75) is 12.1 Å². The van der Waals surface area contributed by atoms with E-state index >= 15 is 0 Å². The van der Waals surface area contributed by atoms with Gasteiger partial charge in [0.15, 0.2) is 5.11 Å². The van der Waals surface area contributed by atoms with Crippen molar-refractivity contribution in [2.24, 2.45) is 0 Å². The van der Waals surface area contributed by atoms with E-state index in [1.807, 2.05) is 35.2 Å². The third-order valence-electron chi connectivity index (χ3n) is 5.95. The van der Waals surface area contributed by atoms with Gasteiger partial charge in [-0.05, 0) is 72.9 Å². The van der Waals surface area contributed by atoms with Gasteiger partial charge in [0.05, 0.1) is 28.9 Å². The van der Waals surface area contributed by atoms with Gasteiger partial charge in [0, 0.05) is 23.5 Å². The van der Waals surface area contributed by atoms with Crippen molar-refractivity contribution >= 4 is 50.5 Å². The van der Waals surface area contributed by atoms with Gasteiger partial charge in [0.25, 0.3) is 0 Å². The SMILES string of the molecule is COCCOc1ccc(N2C(=S)N[C@H](c3ccccn3)[C@H]2c2ccc(-c3ccc(Br)cc3F)o2)cc1Cl. The second kappa shape index (κ2) is 11.2. The predicted octanol–water partition coefficient (Wildman–Crippen LogP) is 7.10. The Morgan fingerprint density at radius 1 is 1.14 bits per heavy atom. The summed E-state index contributed by atoms with van der Waals surface area (Å²) < 4.78 is 32.3. The largest absolute Gasteiger partial charge is 0.490 e. The second-order valence-electron chi connectivity index (χ2n) is 8.28. The molecule has 0 aliphatic carbocycles. The molecule has 0 radical (unpaired) electrons. The molecule has 0 amide bonds. The molecule has 0 unspecified atom stereocenters. The lowest BCUT2D eigenvalue weighted by Crippen LogP contribution is -2.29. The van der Waals surface area contributed by atoms with E-state index in [1.54, 1.807) is 43.6 Å². The highest BCUT2D eigenvalue weighted by molar-refractivity contribution is 9.10. The molecule has 2 aromatic carbocycles. The van der Waals surface area contributed by atoms with E-state index in [2.05, 4.69) is 26.2 Å². The molecule has 1 aliphatic heterocycles. The van der Waals surface area contributed by atoms with Crippen LogP contribution in [0, 0.1) is 5.82 Å². The molecular formula is C27H22BrClFN3O3S. The molecule has 2 atom stereocenters. The van der Waals surface area contributed by atoms with E-state index in [0.29, 0.717) is 50.7 Å². The van der Waals surface area contributed by atoms with Gasteiger partial charge >= 0.3 is 0 Å². The zero-order chi connectivity index (χ0) is 25.9. The summed E-state index contributed by atoms with van der Waals surface area (Å²) in [5, 5.41) is 4.30. The molecule has 1 N–H and O–H groups in total. The third-order valence-corrected chi connectivity index (χ3v) is 7.05. The maximum absolute atomic E-state index is 14.7. The highest BCUT2D eigenvalue weighted by Crippen LogP contribution is 2.44. The summed E-state index contributed by atoms with van der Waals surface area (Å²) in [5.74, 6) is 1.17. The smallest absolute Gasteiger partial charge is 0.174 e. The standard InChI is InChI=1S/C27H22BrClFN3O3S/c1-34-12-13-35-23-8-6-17(15-19(23)29)33-26(25(32-27(33)37)21-4-2-3-11-31-21)24-10-9-22(36-24)18-7-5-16(28)14-20(18)30/h2-11,14-15,25-26H,12-13H2,1H3,(H,32,37)/t25-,26-/m1/s1. The van der Waals surface area contributed by atoms with Gasteiger partial charge in [-0.3, -0.25) is 4.98 Å². The van der Waals surface area contributed by atoms with Crippen LogP contribution in [0.3, 0.4) is 0 Å². The summed E-state index contributed by atoms with van der Waals surface area (Å²) in [5.41, 5.74) is 1.90. The summed E-state index contributed by atoms with van der Waals surface area (Å²) in [6.07, 6.45) is 1.73. The lowest BCUT2D eigenvalue weighted by atomic mass is 10.0. The Bertz CT molecular complexity index is 1420. The van der Waals surface area contributed by atoms with Crippen LogP contribution in [0.2, 0.25) is 5.02 Å². The first-order valence-corrected chi connectivity index (χ1v) is 13.0. The number of nitrogens with zero attached hydrogens (tertiary/aromatic N) is 2. The molecule has 4 aromatic rings. The van der Waals surface area contributed by atoms with Crippen LogP contribution in [0.4, 0.5) is 10.1 Å². The Hall–Kier alpha value is -2.98. The Morgan fingerprint density at radius 3 is 2.73 bits per heavy atom. The zero-order valence-electron chi connectivity index (χ0n) is 19.7. The van der Waals surface area contributed by atoms with Crippen LogP contribution in [0.15, 0.2) is 81.8 Å². The van der Waals surface area contributed by atoms with Gasteiger partial charge in [0.1, 0.15) is 35.7 Å². The average Bonchev–Trinajstić information content (AvgIpc) is 3.50. The first-order chi connectivity index (χ1) is 18.0. The molecule has 1 fully saturated rings. The molecule has 0 saturated carbocycles. The lowest BCUT2D eigenvalue weighted by Gasteiger charge is -2.26. The van der Waals surface area contributed by atoms with E-state index in [4.69, 9.17) is 37.7 Å². The summed E-state index contributed by atoms with van der Waals surface area (Å²) in [7, 11) is 1.61. The molecule has 37 heavy (non-hydrogen) atoms. The van der Waals surface area contributed by atoms with E-state index < -0.39 is 6.04 Å².